The van der Waals surface area contributed by atoms with Crippen LogP contribution in [0.4, 0.5) is 5.69 Å². The Morgan fingerprint density at radius 3 is 2.42 bits per heavy atom. The van der Waals surface area contributed by atoms with Gasteiger partial charge in [0.05, 0.1) is 10.5 Å². The molecular weight excluding hydrogens is 242 g/mol. The highest BCUT2D eigenvalue weighted by Crippen LogP contribution is 2.20. The van der Waals surface area contributed by atoms with Crippen molar-refractivity contribution in [1.82, 2.24) is 0 Å². The molecule has 0 aliphatic rings. The van der Waals surface area contributed by atoms with Crippen molar-refractivity contribution in [2.45, 2.75) is 20.0 Å². The summed E-state index contributed by atoms with van der Waals surface area (Å²) in [5, 5.41) is 10.9. The number of para-hydroxylation sites is 1. The molecule has 19 heavy (non-hydrogen) atoms. The van der Waals surface area contributed by atoms with Gasteiger partial charge in [-0.1, -0.05) is 31.2 Å². The molecule has 0 atom stereocenters. The predicted molar refractivity (Wildman–Crippen MR) is 73.2 cm³/mol. The Hall–Kier alpha value is -2.36. The van der Waals surface area contributed by atoms with E-state index in [1.165, 1.54) is 11.6 Å². The zero-order valence-electron chi connectivity index (χ0n) is 10.7. The van der Waals surface area contributed by atoms with E-state index >= 15 is 0 Å². The molecule has 0 unspecified atom stereocenters. The first kappa shape index (κ1) is 13.1. The van der Waals surface area contributed by atoms with Crippen molar-refractivity contribution < 1.29 is 9.66 Å². The van der Waals surface area contributed by atoms with Gasteiger partial charge in [0, 0.05) is 6.07 Å². The Morgan fingerprint density at radius 2 is 1.79 bits per heavy atom. The van der Waals surface area contributed by atoms with E-state index in [9.17, 15) is 10.1 Å². The highest BCUT2D eigenvalue weighted by molar-refractivity contribution is 5.39. The van der Waals surface area contributed by atoms with Crippen LogP contribution in [0.5, 0.6) is 5.75 Å². The van der Waals surface area contributed by atoms with Gasteiger partial charge in [0.1, 0.15) is 12.4 Å². The van der Waals surface area contributed by atoms with Crippen molar-refractivity contribution in [3.05, 3.63) is 69.8 Å². The molecule has 2 rings (SSSR count). The molecule has 2 aromatic carbocycles. The summed E-state index contributed by atoms with van der Waals surface area (Å²) in [5.41, 5.74) is 1.90. The first-order chi connectivity index (χ1) is 9.20. The molecule has 98 valence electrons. The van der Waals surface area contributed by atoms with Crippen LogP contribution in [0.1, 0.15) is 18.1 Å². The maximum absolute atomic E-state index is 10.9. The van der Waals surface area contributed by atoms with Gasteiger partial charge in [-0.25, -0.2) is 0 Å². The van der Waals surface area contributed by atoms with Crippen LogP contribution in [0, 0.1) is 10.1 Å². The summed E-state index contributed by atoms with van der Waals surface area (Å²) in [6, 6.07) is 14.4. The Bertz CT molecular complexity index is 564. The lowest BCUT2D eigenvalue weighted by molar-refractivity contribution is -0.385. The van der Waals surface area contributed by atoms with Crippen molar-refractivity contribution in [3.63, 3.8) is 0 Å². The van der Waals surface area contributed by atoms with Crippen LogP contribution in [0.2, 0.25) is 0 Å². The van der Waals surface area contributed by atoms with Crippen molar-refractivity contribution >= 4 is 5.69 Å². The van der Waals surface area contributed by atoms with Gasteiger partial charge in [-0.15, -0.1) is 0 Å². The number of nitro benzene ring substituents is 1. The molecule has 0 aliphatic heterocycles. The summed E-state index contributed by atoms with van der Waals surface area (Å²) in [4.78, 5) is 10.5. The number of hydrogen-bond acceptors (Lipinski definition) is 3. The van der Waals surface area contributed by atoms with Gasteiger partial charge < -0.3 is 4.74 Å². The average molecular weight is 257 g/mol. The Labute approximate surface area is 111 Å². The van der Waals surface area contributed by atoms with Gasteiger partial charge in [-0.3, -0.25) is 10.1 Å². The number of benzene rings is 2. The molecule has 0 amide bonds. The second kappa shape index (κ2) is 6.00. The molecule has 0 aliphatic carbocycles. The first-order valence-electron chi connectivity index (χ1n) is 6.14. The SMILES string of the molecule is CCc1ccc(OCc2ccccc2[N+](=O)[O-])cc1. The summed E-state index contributed by atoms with van der Waals surface area (Å²) in [7, 11) is 0. The maximum atomic E-state index is 10.9. The summed E-state index contributed by atoms with van der Waals surface area (Å²) < 4.78 is 5.58. The fourth-order valence-corrected chi connectivity index (χ4v) is 1.79. The number of hydrogen-bond donors (Lipinski definition) is 0. The normalized spacial score (nSPS) is 10.2. The largest absolute Gasteiger partial charge is 0.489 e. The van der Waals surface area contributed by atoms with Crippen molar-refractivity contribution in [2.75, 3.05) is 0 Å². The maximum Gasteiger partial charge on any atom is 0.276 e. The van der Waals surface area contributed by atoms with E-state index < -0.39 is 4.92 Å². The predicted octanol–water partition coefficient (Wildman–Crippen LogP) is 3.74. The quantitative estimate of drug-likeness (QED) is 0.605. The van der Waals surface area contributed by atoms with Gasteiger partial charge >= 0.3 is 0 Å². The summed E-state index contributed by atoms with van der Waals surface area (Å²) in [5.74, 6) is 0.718. The lowest BCUT2D eigenvalue weighted by Crippen LogP contribution is -2.00. The molecule has 0 saturated heterocycles. The lowest BCUT2D eigenvalue weighted by Gasteiger charge is -2.07. The van der Waals surface area contributed by atoms with Crippen LogP contribution >= 0.6 is 0 Å². The van der Waals surface area contributed by atoms with Crippen LogP contribution in [0.25, 0.3) is 0 Å². The molecule has 0 fully saturated rings. The molecule has 0 spiro atoms. The minimum Gasteiger partial charge on any atom is -0.489 e. The topological polar surface area (TPSA) is 52.4 Å². The fraction of sp³-hybridized carbons (Fsp3) is 0.200. The molecule has 0 radical (unpaired) electrons. The van der Waals surface area contributed by atoms with Crippen molar-refractivity contribution in [1.29, 1.82) is 0 Å². The molecule has 0 bridgehead atoms. The Balaban J connectivity index is 2.07. The van der Waals surface area contributed by atoms with Gasteiger partial charge in [-0.2, -0.15) is 0 Å². The lowest BCUT2D eigenvalue weighted by atomic mass is 10.1. The second-order valence-electron chi connectivity index (χ2n) is 4.17. The minimum atomic E-state index is -0.390. The van der Waals surface area contributed by atoms with Crippen molar-refractivity contribution in [2.24, 2.45) is 0 Å². The van der Waals surface area contributed by atoms with E-state index in [-0.39, 0.29) is 12.3 Å². The van der Waals surface area contributed by atoms with E-state index in [4.69, 9.17) is 4.74 Å². The van der Waals surface area contributed by atoms with Gasteiger partial charge in [-0.05, 0) is 30.2 Å². The number of ether oxygens (including phenoxy) is 1. The third-order valence-corrected chi connectivity index (χ3v) is 2.91. The zero-order chi connectivity index (χ0) is 13.7. The van der Waals surface area contributed by atoms with E-state index in [1.807, 2.05) is 24.3 Å². The molecule has 0 aromatic heterocycles. The Morgan fingerprint density at radius 1 is 1.11 bits per heavy atom. The molecular formula is C15H15NO3. The monoisotopic (exact) mass is 257 g/mol. The molecule has 4 nitrogen and oxygen atoms in total. The van der Waals surface area contributed by atoms with Crippen LogP contribution in [-0.4, -0.2) is 4.92 Å². The number of rotatable bonds is 5. The molecule has 0 heterocycles. The third-order valence-electron chi connectivity index (χ3n) is 2.91. The van der Waals surface area contributed by atoms with Crippen LogP contribution < -0.4 is 4.74 Å². The number of nitrogens with zero attached hydrogens (tertiary/aromatic N) is 1. The van der Waals surface area contributed by atoms with Gasteiger partial charge in [0.25, 0.3) is 5.69 Å². The van der Waals surface area contributed by atoms with Gasteiger partial charge in [0.15, 0.2) is 0 Å². The van der Waals surface area contributed by atoms with E-state index in [2.05, 4.69) is 6.92 Å². The number of nitro groups is 1. The standard InChI is InChI=1S/C15H15NO3/c1-2-12-7-9-14(10-8-12)19-11-13-5-3-4-6-15(13)16(17)18/h3-10H,2,11H2,1H3. The van der Waals surface area contributed by atoms with E-state index in [1.54, 1.807) is 18.2 Å². The summed E-state index contributed by atoms with van der Waals surface area (Å²) in [6.45, 7) is 2.28. The zero-order valence-corrected chi connectivity index (χ0v) is 10.7. The molecule has 4 heteroatoms. The summed E-state index contributed by atoms with van der Waals surface area (Å²) in [6.07, 6.45) is 0.977. The number of aryl methyl sites for hydroxylation is 1. The van der Waals surface area contributed by atoms with Gasteiger partial charge in [0.2, 0.25) is 0 Å². The molecule has 2 aromatic rings. The molecule has 0 N–H and O–H groups in total. The first-order valence-corrected chi connectivity index (χ1v) is 6.14. The van der Waals surface area contributed by atoms with Crippen LogP contribution in [0.3, 0.4) is 0 Å². The minimum absolute atomic E-state index is 0.0904. The highest BCUT2D eigenvalue weighted by atomic mass is 16.6. The average Bonchev–Trinajstić information content (AvgIpc) is 2.46. The summed E-state index contributed by atoms with van der Waals surface area (Å²) >= 11 is 0. The van der Waals surface area contributed by atoms with E-state index in [0.717, 1.165) is 12.2 Å². The third kappa shape index (κ3) is 3.31. The smallest absolute Gasteiger partial charge is 0.276 e. The second-order valence-corrected chi connectivity index (χ2v) is 4.17. The molecule has 0 saturated carbocycles. The van der Waals surface area contributed by atoms with Crippen molar-refractivity contribution in [3.8, 4) is 5.75 Å². The van der Waals surface area contributed by atoms with Crippen LogP contribution in [-0.2, 0) is 13.0 Å². The highest BCUT2D eigenvalue weighted by Gasteiger charge is 2.12. The van der Waals surface area contributed by atoms with E-state index in [0.29, 0.717) is 5.56 Å². The fourth-order valence-electron chi connectivity index (χ4n) is 1.79. The van der Waals surface area contributed by atoms with Crippen LogP contribution in [0.15, 0.2) is 48.5 Å². The Kier molecular flexibility index (Phi) is 4.13.